The highest BCUT2D eigenvalue weighted by Gasteiger charge is 2.19. The molecule has 0 amide bonds. The molecule has 0 radical (unpaired) electrons. The van der Waals surface area contributed by atoms with E-state index in [1.807, 2.05) is 0 Å². The molecule has 2 unspecified atom stereocenters. The number of nitrogens with one attached hydrogen (secondary N) is 1. The minimum Gasteiger partial charge on any atom is -0.496 e. The van der Waals surface area contributed by atoms with Gasteiger partial charge in [0.15, 0.2) is 0 Å². The number of ether oxygens (including phenoxy) is 1. The van der Waals surface area contributed by atoms with Crippen molar-refractivity contribution in [3.05, 3.63) is 23.3 Å². The molecule has 0 heterocycles. The maximum atomic E-state index is 5.49. The summed E-state index contributed by atoms with van der Waals surface area (Å²) in [4.78, 5) is 0. The van der Waals surface area contributed by atoms with Crippen LogP contribution in [0.25, 0.3) is 0 Å². The first-order valence-electron chi connectivity index (χ1n) is 7.50. The van der Waals surface area contributed by atoms with Crippen LogP contribution >= 0.6 is 0 Å². The van der Waals surface area contributed by atoms with Crippen LogP contribution in [0.5, 0.6) is 5.75 Å². The molecule has 1 aromatic rings. The molecular weight excluding hydrogens is 234 g/mol. The van der Waals surface area contributed by atoms with Crippen LogP contribution < -0.4 is 10.1 Å². The van der Waals surface area contributed by atoms with Gasteiger partial charge in [-0.1, -0.05) is 25.8 Å². The summed E-state index contributed by atoms with van der Waals surface area (Å²) in [5.74, 6) is 2.74. The van der Waals surface area contributed by atoms with Gasteiger partial charge in [-0.25, -0.2) is 0 Å². The number of hydrogen-bond acceptors (Lipinski definition) is 2. The Kier molecular flexibility index (Phi) is 4.73. The molecule has 1 N–H and O–H groups in total. The van der Waals surface area contributed by atoms with E-state index in [1.165, 1.54) is 42.5 Å². The molecule has 1 aliphatic carbocycles. The maximum absolute atomic E-state index is 5.49. The number of methoxy groups -OCH3 is 1. The average molecular weight is 261 g/mol. The molecule has 0 saturated heterocycles. The lowest BCUT2D eigenvalue weighted by Crippen LogP contribution is -2.21. The number of anilines is 1. The van der Waals surface area contributed by atoms with Gasteiger partial charge >= 0.3 is 0 Å². The highest BCUT2D eigenvalue weighted by atomic mass is 16.5. The first-order chi connectivity index (χ1) is 9.11. The highest BCUT2D eigenvalue weighted by molar-refractivity contribution is 5.59. The second-order valence-electron chi connectivity index (χ2n) is 6.11. The number of benzene rings is 1. The van der Waals surface area contributed by atoms with Gasteiger partial charge < -0.3 is 10.1 Å². The third-order valence-corrected chi connectivity index (χ3v) is 4.43. The van der Waals surface area contributed by atoms with Crippen LogP contribution in [0.15, 0.2) is 12.1 Å². The lowest BCUT2D eigenvalue weighted by molar-refractivity contribution is 0.293. The molecule has 106 valence electrons. The van der Waals surface area contributed by atoms with E-state index in [1.54, 1.807) is 7.11 Å². The van der Waals surface area contributed by atoms with E-state index in [9.17, 15) is 0 Å². The molecule has 0 aliphatic heterocycles. The summed E-state index contributed by atoms with van der Waals surface area (Å²) in [5, 5.41) is 3.63. The monoisotopic (exact) mass is 261 g/mol. The quantitative estimate of drug-likeness (QED) is 0.858. The molecule has 2 atom stereocenters. The molecule has 2 heteroatoms. The van der Waals surface area contributed by atoms with Crippen molar-refractivity contribution in [3.63, 3.8) is 0 Å². The molecule has 0 aromatic heterocycles. The number of aryl methyl sites for hydroxylation is 1. The fraction of sp³-hybridized carbons (Fsp3) is 0.647. The van der Waals surface area contributed by atoms with Crippen molar-refractivity contribution < 1.29 is 4.74 Å². The molecule has 1 saturated carbocycles. The fourth-order valence-corrected chi connectivity index (χ4v) is 3.33. The van der Waals surface area contributed by atoms with E-state index in [2.05, 4.69) is 38.2 Å². The summed E-state index contributed by atoms with van der Waals surface area (Å²) in [5.41, 5.74) is 3.66. The third kappa shape index (κ3) is 3.43. The minimum atomic E-state index is 0.829. The smallest absolute Gasteiger partial charge is 0.126 e. The van der Waals surface area contributed by atoms with Crippen LogP contribution in [0.1, 0.15) is 43.7 Å². The minimum absolute atomic E-state index is 0.829. The van der Waals surface area contributed by atoms with Crippen molar-refractivity contribution >= 4 is 5.69 Å². The molecule has 19 heavy (non-hydrogen) atoms. The van der Waals surface area contributed by atoms with Crippen molar-refractivity contribution in [3.8, 4) is 5.75 Å². The zero-order chi connectivity index (χ0) is 13.8. The van der Waals surface area contributed by atoms with Gasteiger partial charge in [0.05, 0.1) is 7.11 Å². The summed E-state index contributed by atoms with van der Waals surface area (Å²) < 4.78 is 5.49. The van der Waals surface area contributed by atoms with Gasteiger partial charge in [0, 0.05) is 17.8 Å². The van der Waals surface area contributed by atoms with Crippen molar-refractivity contribution in [1.29, 1.82) is 0 Å². The second kappa shape index (κ2) is 6.31. The molecule has 1 aliphatic rings. The van der Waals surface area contributed by atoms with Gasteiger partial charge in [-0.3, -0.25) is 0 Å². The van der Waals surface area contributed by atoms with Crippen LogP contribution in [0, 0.1) is 25.7 Å². The van der Waals surface area contributed by atoms with Gasteiger partial charge in [0.25, 0.3) is 0 Å². The number of rotatable bonds is 4. The topological polar surface area (TPSA) is 21.3 Å². The maximum Gasteiger partial charge on any atom is 0.126 e. The predicted molar refractivity (Wildman–Crippen MR) is 82.1 cm³/mol. The Morgan fingerprint density at radius 2 is 2.05 bits per heavy atom. The molecule has 2 nitrogen and oxygen atoms in total. The van der Waals surface area contributed by atoms with Gasteiger partial charge in [-0.2, -0.15) is 0 Å². The third-order valence-electron chi connectivity index (χ3n) is 4.43. The average Bonchev–Trinajstić information content (AvgIpc) is 2.38. The lowest BCUT2D eigenvalue weighted by atomic mass is 9.82. The molecule has 2 rings (SSSR count). The van der Waals surface area contributed by atoms with Crippen LogP contribution in [-0.2, 0) is 0 Å². The van der Waals surface area contributed by atoms with Crippen molar-refractivity contribution in [2.24, 2.45) is 11.8 Å². The van der Waals surface area contributed by atoms with Gasteiger partial charge in [0.1, 0.15) is 5.75 Å². The SMILES string of the molecule is COc1c(C)ccc(NCC2CCCC(C)C2)c1C. The largest absolute Gasteiger partial charge is 0.496 e. The summed E-state index contributed by atoms with van der Waals surface area (Å²) in [6, 6.07) is 4.32. The summed E-state index contributed by atoms with van der Waals surface area (Å²) in [7, 11) is 1.75. The van der Waals surface area contributed by atoms with Crippen LogP contribution in [-0.4, -0.2) is 13.7 Å². The van der Waals surface area contributed by atoms with Gasteiger partial charge in [-0.05, 0) is 50.2 Å². The Morgan fingerprint density at radius 3 is 2.74 bits per heavy atom. The molecule has 0 spiro atoms. The lowest BCUT2D eigenvalue weighted by Gasteiger charge is -2.27. The van der Waals surface area contributed by atoms with Crippen molar-refractivity contribution in [1.82, 2.24) is 0 Å². The zero-order valence-electron chi connectivity index (χ0n) is 12.8. The van der Waals surface area contributed by atoms with Gasteiger partial charge in [0.2, 0.25) is 0 Å². The molecule has 1 fully saturated rings. The van der Waals surface area contributed by atoms with E-state index in [0.29, 0.717) is 0 Å². The van der Waals surface area contributed by atoms with E-state index in [-0.39, 0.29) is 0 Å². The Hall–Kier alpha value is -1.18. The summed E-state index contributed by atoms with van der Waals surface area (Å²) >= 11 is 0. The normalized spacial score (nSPS) is 23.2. The van der Waals surface area contributed by atoms with E-state index in [0.717, 1.165) is 24.1 Å². The zero-order valence-corrected chi connectivity index (χ0v) is 12.8. The summed E-state index contributed by atoms with van der Waals surface area (Å²) in [6.45, 7) is 7.71. The Balaban J connectivity index is 1.99. The van der Waals surface area contributed by atoms with Crippen molar-refractivity contribution in [2.75, 3.05) is 19.0 Å². The molecular formula is C17H27NO. The number of hydrogen-bond donors (Lipinski definition) is 1. The van der Waals surface area contributed by atoms with E-state index in [4.69, 9.17) is 4.74 Å². The highest BCUT2D eigenvalue weighted by Crippen LogP contribution is 2.31. The van der Waals surface area contributed by atoms with Crippen molar-refractivity contribution in [2.45, 2.75) is 46.5 Å². The molecule has 1 aromatic carbocycles. The fourth-order valence-electron chi connectivity index (χ4n) is 3.33. The first kappa shape index (κ1) is 14.2. The Morgan fingerprint density at radius 1 is 1.26 bits per heavy atom. The van der Waals surface area contributed by atoms with Gasteiger partial charge in [-0.15, -0.1) is 0 Å². The first-order valence-corrected chi connectivity index (χ1v) is 7.50. The van der Waals surface area contributed by atoms with Crippen LogP contribution in [0.2, 0.25) is 0 Å². The second-order valence-corrected chi connectivity index (χ2v) is 6.11. The Labute approximate surface area is 117 Å². The predicted octanol–water partition coefficient (Wildman–Crippen LogP) is 4.55. The van der Waals surface area contributed by atoms with Crippen LogP contribution in [0.3, 0.4) is 0 Å². The summed E-state index contributed by atoms with van der Waals surface area (Å²) in [6.07, 6.45) is 5.55. The standard InChI is InChI=1S/C17H27NO/c1-12-6-5-7-15(10-12)11-18-16-9-8-13(2)17(19-4)14(16)3/h8-9,12,15,18H,5-7,10-11H2,1-4H3. The molecule has 0 bridgehead atoms. The van der Waals surface area contributed by atoms with E-state index < -0.39 is 0 Å². The van der Waals surface area contributed by atoms with Crippen LogP contribution in [0.4, 0.5) is 5.69 Å². The Bertz CT molecular complexity index is 428. The van der Waals surface area contributed by atoms with E-state index >= 15 is 0 Å².